The highest BCUT2D eigenvalue weighted by atomic mass is 16.5. The van der Waals surface area contributed by atoms with E-state index in [-0.39, 0.29) is 6.10 Å². The van der Waals surface area contributed by atoms with Crippen LogP contribution in [0.15, 0.2) is 42.9 Å². The molecule has 4 aromatic rings. The second-order valence-corrected chi connectivity index (χ2v) is 7.99. The van der Waals surface area contributed by atoms with Crippen LogP contribution in [-0.4, -0.2) is 50.1 Å². The average Bonchev–Trinajstić information content (AvgIpc) is 3.19. The van der Waals surface area contributed by atoms with Crippen molar-refractivity contribution in [2.24, 2.45) is 0 Å². The highest BCUT2D eigenvalue weighted by Gasteiger charge is 2.17. The van der Waals surface area contributed by atoms with Crippen LogP contribution in [0.5, 0.6) is 0 Å². The maximum Gasteiger partial charge on any atom is 0.230 e. The van der Waals surface area contributed by atoms with Crippen molar-refractivity contribution < 1.29 is 4.74 Å². The molecule has 8 heteroatoms. The minimum absolute atomic E-state index is 0.235. The number of hydrogen-bond donors (Lipinski definition) is 1. The van der Waals surface area contributed by atoms with E-state index in [1.165, 1.54) is 0 Å². The first-order chi connectivity index (χ1) is 14.6. The lowest BCUT2D eigenvalue weighted by atomic mass is 10.1. The number of fused-ring (bicyclic) bond motifs is 3. The predicted octanol–water partition coefficient (Wildman–Crippen LogP) is 3.76. The number of anilines is 3. The third-order valence-corrected chi connectivity index (χ3v) is 5.42. The summed E-state index contributed by atoms with van der Waals surface area (Å²) in [4.78, 5) is 20.6. The molecular weight excluding hydrogens is 378 g/mol. The number of pyridine rings is 2. The zero-order valence-corrected chi connectivity index (χ0v) is 17.4. The van der Waals surface area contributed by atoms with E-state index >= 15 is 0 Å². The third kappa shape index (κ3) is 3.43. The van der Waals surface area contributed by atoms with E-state index < -0.39 is 0 Å². The summed E-state index contributed by atoms with van der Waals surface area (Å²) in [6.07, 6.45) is 5.86. The SMILES string of the molecule is CC1CN(c2ccc(Nc3ncc4ccc5ncc(C(C)C)n5c4n3)nc2)CCO1. The van der Waals surface area contributed by atoms with Crippen molar-refractivity contribution >= 4 is 34.1 Å². The summed E-state index contributed by atoms with van der Waals surface area (Å²) in [5, 5.41) is 4.20. The number of hydrogen-bond acceptors (Lipinski definition) is 7. The summed E-state index contributed by atoms with van der Waals surface area (Å²) in [7, 11) is 0. The molecule has 1 N–H and O–H groups in total. The maximum absolute atomic E-state index is 5.62. The van der Waals surface area contributed by atoms with Crippen LogP contribution in [-0.2, 0) is 4.74 Å². The van der Waals surface area contributed by atoms with Crippen molar-refractivity contribution in [1.82, 2.24) is 24.3 Å². The number of morpholine rings is 1. The molecule has 1 unspecified atom stereocenters. The van der Waals surface area contributed by atoms with Crippen molar-refractivity contribution in [2.75, 3.05) is 29.9 Å². The average molecular weight is 403 g/mol. The molecule has 1 fully saturated rings. The topological polar surface area (TPSA) is 80.5 Å². The molecule has 0 amide bonds. The first-order valence-electron chi connectivity index (χ1n) is 10.3. The predicted molar refractivity (Wildman–Crippen MR) is 118 cm³/mol. The van der Waals surface area contributed by atoms with Crippen LogP contribution in [0.1, 0.15) is 32.4 Å². The molecule has 5 heterocycles. The Morgan fingerprint density at radius 1 is 1.07 bits per heavy atom. The van der Waals surface area contributed by atoms with Crippen LogP contribution in [0.3, 0.4) is 0 Å². The van der Waals surface area contributed by atoms with Gasteiger partial charge in [-0.25, -0.2) is 15.0 Å². The lowest BCUT2D eigenvalue weighted by molar-refractivity contribution is 0.0532. The molecule has 0 spiro atoms. The van der Waals surface area contributed by atoms with Gasteiger partial charge >= 0.3 is 0 Å². The molecule has 0 bridgehead atoms. The van der Waals surface area contributed by atoms with Gasteiger partial charge in [-0.1, -0.05) is 13.8 Å². The molecule has 1 atom stereocenters. The van der Waals surface area contributed by atoms with Crippen LogP contribution >= 0.6 is 0 Å². The molecule has 1 aliphatic rings. The monoisotopic (exact) mass is 403 g/mol. The summed E-state index contributed by atoms with van der Waals surface area (Å²) in [6, 6.07) is 8.03. The summed E-state index contributed by atoms with van der Waals surface area (Å²) < 4.78 is 7.72. The fourth-order valence-corrected chi connectivity index (χ4v) is 3.85. The highest BCUT2D eigenvalue weighted by molar-refractivity contribution is 5.79. The molecule has 30 heavy (non-hydrogen) atoms. The normalized spacial score (nSPS) is 17.2. The number of aromatic nitrogens is 5. The number of ether oxygens (including phenoxy) is 1. The lowest BCUT2D eigenvalue weighted by Crippen LogP contribution is -2.41. The van der Waals surface area contributed by atoms with Gasteiger partial charge in [0.05, 0.1) is 24.6 Å². The van der Waals surface area contributed by atoms with Crippen LogP contribution in [0, 0.1) is 0 Å². The molecule has 4 aromatic heterocycles. The number of nitrogens with zero attached hydrogens (tertiary/aromatic N) is 6. The Hall–Kier alpha value is -3.26. The number of nitrogens with one attached hydrogen (secondary N) is 1. The molecule has 8 nitrogen and oxygen atoms in total. The molecule has 1 aliphatic heterocycles. The molecule has 0 radical (unpaired) electrons. The quantitative estimate of drug-likeness (QED) is 0.556. The summed E-state index contributed by atoms with van der Waals surface area (Å²) in [5.41, 5.74) is 3.95. The fourth-order valence-electron chi connectivity index (χ4n) is 3.85. The minimum Gasteiger partial charge on any atom is -0.375 e. The Kier molecular flexibility index (Phi) is 4.71. The van der Waals surface area contributed by atoms with Gasteiger partial charge in [-0.2, -0.15) is 4.98 Å². The van der Waals surface area contributed by atoms with Gasteiger partial charge in [0, 0.05) is 36.6 Å². The van der Waals surface area contributed by atoms with Crippen molar-refractivity contribution in [3.8, 4) is 0 Å². The van der Waals surface area contributed by atoms with Crippen LogP contribution in [0.25, 0.3) is 16.7 Å². The van der Waals surface area contributed by atoms with Crippen molar-refractivity contribution in [1.29, 1.82) is 0 Å². The van der Waals surface area contributed by atoms with Crippen LogP contribution in [0.4, 0.5) is 17.5 Å². The molecule has 0 saturated carbocycles. The standard InChI is InChI=1S/C22H25N7O/c1-14(2)18-12-24-20-7-4-16-10-25-22(27-21(16)29(18)20)26-19-6-5-17(11-23-19)28-8-9-30-15(3)13-28/h4-7,10-12,14-15H,8-9,13H2,1-3H3,(H,23,25,26,27). The molecule has 0 aromatic carbocycles. The molecule has 5 rings (SSSR count). The van der Waals surface area contributed by atoms with E-state index in [1.54, 1.807) is 0 Å². The largest absolute Gasteiger partial charge is 0.375 e. The smallest absolute Gasteiger partial charge is 0.230 e. The minimum atomic E-state index is 0.235. The zero-order chi connectivity index (χ0) is 20.7. The van der Waals surface area contributed by atoms with E-state index in [0.717, 1.165) is 47.8 Å². The van der Waals surface area contributed by atoms with Gasteiger partial charge in [0.1, 0.15) is 11.5 Å². The van der Waals surface area contributed by atoms with E-state index in [0.29, 0.717) is 17.7 Å². The maximum atomic E-state index is 5.62. The van der Waals surface area contributed by atoms with Gasteiger partial charge in [0.25, 0.3) is 0 Å². The van der Waals surface area contributed by atoms with E-state index in [4.69, 9.17) is 9.72 Å². The Morgan fingerprint density at radius 3 is 2.73 bits per heavy atom. The molecule has 0 aliphatic carbocycles. The second-order valence-electron chi connectivity index (χ2n) is 7.99. The van der Waals surface area contributed by atoms with E-state index in [1.807, 2.05) is 36.8 Å². The van der Waals surface area contributed by atoms with Gasteiger partial charge in [-0.15, -0.1) is 0 Å². The van der Waals surface area contributed by atoms with E-state index in [2.05, 4.69) is 56.4 Å². The van der Waals surface area contributed by atoms with Crippen molar-refractivity contribution in [3.63, 3.8) is 0 Å². The van der Waals surface area contributed by atoms with Gasteiger partial charge in [-0.3, -0.25) is 4.40 Å². The fraction of sp³-hybridized carbons (Fsp3) is 0.364. The Morgan fingerprint density at radius 2 is 1.97 bits per heavy atom. The Labute approximate surface area is 175 Å². The van der Waals surface area contributed by atoms with Crippen LogP contribution < -0.4 is 10.2 Å². The summed E-state index contributed by atoms with van der Waals surface area (Å²) in [5.74, 6) is 1.56. The van der Waals surface area contributed by atoms with Crippen molar-refractivity contribution in [3.05, 3.63) is 48.5 Å². The van der Waals surface area contributed by atoms with Gasteiger partial charge < -0.3 is 15.0 Å². The van der Waals surface area contributed by atoms with Gasteiger partial charge in [0.2, 0.25) is 5.95 Å². The summed E-state index contributed by atoms with van der Waals surface area (Å²) >= 11 is 0. The molecular formula is C22H25N7O. The molecule has 1 saturated heterocycles. The number of imidazole rings is 1. The lowest BCUT2D eigenvalue weighted by Gasteiger charge is -2.32. The second kappa shape index (κ2) is 7.53. The van der Waals surface area contributed by atoms with Crippen molar-refractivity contribution in [2.45, 2.75) is 32.8 Å². The molecule has 154 valence electrons. The highest BCUT2D eigenvalue weighted by Crippen LogP contribution is 2.24. The zero-order valence-electron chi connectivity index (χ0n) is 17.4. The van der Waals surface area contributed by atoms with Crippen LogP contribution in [0.2, 0.25) is 0 Å². The summed E-state index contributed by atoms with van der Waals surface area (Å²) in [6.45, 7) is 8.90. The van der Waals surface area contributed by atoms with E-state index in [9.17, 15) is 0 Å². The number of rotatable bonds is 4. The van der Waals surface area contributed by atoms with Gasteiger partial charge in [0.15, 0.2) is 5.65 Å². The Balaban J connectivity index is 1.44. The first kappa shape index (κ1) is 18.7. The Bertz CT molecular complexity index is 1190. The third-order valence-electron chi connectivity index (χ3n) is 5.42. The first-order valence-corrected chi connectivity index (χ1v) is 10.3. The van der Waals surface area contributed by atoms with Gasteiger partial charge in [-0.05, 0) is 37.1 Å².